The lowest BCUT2D eigenvalue weighted by Crippen LogP contribution is -2.29. The number of amides is 1. The number of rotatable bonds is 6. The van der Waals surface area contributed by atoms with Crippen LogP contribution in [0.4, 0.5) is 5.69 Å². The number of carbonyl (C=O) groups is 2. The first-order chi connectivity index (χ1) is 9.13. The van der Waals surface area contributed by atoms with Crippen molar-refractivity contribution in [2.24, 2.45) is 11.7 Å². The molecule has 1 aromatic carbocycles. The van der Waals surface area contributed by atoms with Crippen molar-refractivity contribution in [2.45, 2.75) is 20.3 Å². The Hall–Kier alpha value is -1.88. The van der Waals surface area contributed by atoms with Gasteiger partial charge < -0.3 is 15.8 Å². The molecule has 1 aromatic rings. The maximum Gasteiger partial charge on any atom is 0.340 e. The summed E-state index contributed by atoms with van der Waals surface area (Å²) in [5.41, 5.74) is 6.34. The highest BCUT2D eigenvalue weighted by atomic mass is 16.5. The summed E-state index contributed by atoms with van der Waals surface area (Å²) in [4.78, 5) is 23.7. The SMILES string of the molecule is CCOC(=O)c1ccccc1NC(=O)C(CC)CN. The quantitative estimate of drug-likeness (QED) is 0.767. The van der Waals surface area contributed by atoms with Crippen LogP contribution in [0.1, 0.15) is 30.6 Å². The number of esters is 1. The van der Waals surface area contributed by atoms with Crippen LogP contribution in [0.25, 0.3) is 0 Å². The van der Waals surface area contributed by atoms with Gasteiger partial charge in [-0.1, -0.05) is 19.1 Å². The van der Waals surface area contributed by atoms with Crippen LogP contribution in [0.5, 0.6) is 0 Å². The number of nitrogens with one attached hydrogen (secondary N) is 1. The summed E-state index contributed by atoms with van der Waals surface area (Å²) in [5.74, 6) is -0.879. The number of carbonyl (C=O) groups excluding carboxylic acids is 2. The van der Waals surface area contributed by atoms with Crippen molar-refractivity contribution in [1.82, 2.24) is 0 Å². The van der Waals surface area contributed by atoms with Gasteiger partial charge in [-0.3, -0.25) is 4.79 Å². The average molecular weight is 264 g/mol. The van der Waals surface area contributed by atoms with Crippen LogP contribution in [0, 0.1) is 5.92 Å². The number of ether oxygens (including phenoxy) is 1. The zero-order valence-electron chi connectivity index (χ0n) is 11.3. The van der Waals surface area contributed by atoms with Crippen molar-refractivity contribution in [3.8, 4) is 0 Å². The van der Waals surface area contributed by atoms with E-state index in [4.69, 9.17) is 10.5 Å². The van der Waals surface area contributed by atoms with E-state index in [1.54, 1.807) is 31.2 Å². The Labute approximate surface area is 113 Å². The summed E-state index contributed by atoms with van der Waals surface area (Å²) in [6, 6.07) is 6.77. The van der Waals surface area contributed by atoms with Gasteiger partial charge in [-0.15, -0.1) is 0 Å². The molecule has 0 aliphatic carbocycles. The first-order valence-corrected chi connectivity index (χ1v) is 6.41. The van der Waals surface area contributed by atoms with Gasteiger partial charge in [-0.2, -0.15) is 0 Å². The first-order valence-electron chi connectivity index (χ1n) is 6.41. The molecule has 0 aromatic heterocycles. The highest BCUT2D eigenvalue weighted by Gasteiger charge is 2.18. The number of anilines is 1. The Balaban J connectivity index is 2.89. The molecule has 0 spiro atoms. The van der Waals surface area contributed by atoms with E-state index in [2.05, 4.69) is 5.32 Å². The molecule has 0 aliphatic rings. The molecule has 0 saturated carbocycles. The fourth-order valence-corrected chi connectivity index (χ4v) is 1.67. The van der Waals surface area contributed by atoms with E-state index in [9.17, 15) is 9.59 Å². The van der Waals surface area contributed by atoms with Crippen molar-refractivity contribution in [3.05, 3.63) is 29.8 Å². The van der Waals surface area contributed by atoms with Crippen LogP contribution < -0.4 is 11.1 Å². The van der Waals surface area contributed by atoms with Crippen molar-refractivity contribution in [3.63, 3.8) is 0 Å². The Kier molecular flexibility index (Phi) is 6.02. The summed E-state index contributed by atoms with van der Waals surface area (Å²) in [6.07, 6.45) is 0.657. The van der Waals surface area contributed by atoms with Crippen molar-refractivity contribution in [1.29, 1.82) is 0 Å². The zero-order chi connectivity index (χ0) is 14.3. The predicted octanol–water partition coefficient (Wildman–Crippen LogP) is 1.79. The monoisotopic (exact) mass is 264 g/mol. The van der Waals surface area contributed by atoms with E-state index >= 15 is 0 Å². The Morgan fingerprint density at radius 2 is 2.00 bits per heavy atom. The number of benzene rings is 1. The molecule has 1 rings (SSSR count). The summed E-state index contributed by atoms with van der Waals surface area (Å²) in [6.45, 7) is 4.21. The normalized spacial score (nSPS) is 11.7. The van der Waals surface area contributed by atoms with Gasteiger partial charge in [-0.25, -0.2) is 4.79 Å². The third kappa shape index (κ3) is 4.06. The van der Waals surface area contributed by atoms with Crippen molar-refractivity contribution in [2.75, 3.05) is 18.5 Å². The maximum atomic E-state index is 12.0. The molecule has 0 bridgehead atoms. The number of nitrogens with two attached hydrogens (primary N) is 1. The molecule has 3 N–H and O–H groups in total. The van der Waals surface area contributed by atoms with Crippen LogP contribution in [0.2, 0.25) is 0 Å². The second-order valence-corrected chi connectivity index (χ2v) is 4.10. The smallest absolute Gasteiger partial charge is 0.340 e. The maximum absolute atomic E-state index is 12.0. The predicted molar refractivity (Wildman–Crippen MR) is 73.9 cm³/mol. The van der Waals surface area contributed by atoms with Crippen molar-refractivity contribution < 1.29 is 14.3 Å². The van der Waals surface area contributed by atoms with E-state index in [0.29, 0.717) is 24.3 Å². The minimum Gasteiger partial charge on any atom is -0.462 e. The fraction of sp³-hybridized carbons (Fsp3) is 0.429. The number of para-hydroxylation sites is 1. The van der Waals surface area contributed by atoms with E-state index < -0.39 is 5.97 Å². The van der Waals surface area contributed by atoms with Gasteiger partial charge in [0.05, 0.1) is 23.8 Å². The summed E-state index contributed by atoms with van der Waals surface area (Å²) < 4.78 is 4.95. The van der Waals surface area contributed by atoms with E-state index in [0.717, 1.165) is 0 Å². The van der Waals surface area contributed by atoms with Gasteiger partial charge in [0.25, 0.3) is 0 Å². The second-order valence-electron chi connectivity index (χ2n) is 4.10. The van der Waals surface area contributed by atoms with Gasteiger partial charge >= 0.3 is 5.97 Å². The molecule has 0 heterocycles. The highest BCUT2D eigenvalue weighted by Crippen LogP contribution is 2.17. The van der Waals surface area contributed by atoms with Gasteiger partial charge in [0.2, 0.25) is 5.91 Å². The molecule has 0 fully saturated rings. The Morgan fingerprint density at radius 3 is 2.58 bits per heavy atom. The minimum absolute atomic E-state index is 0.179. The van der Waals surface area contributed by atoms with E-state index in [1.165, 1.54) is 0 Å². The zero-order valence-corrected chi connectivity index (χ0v) is 11.3. The van der Waals surface area contributed by atoms with Crippen molar-refractivity contribution >= 4 is 17.6 Å². The lowest BCUT2D eigenvalue weighted by atomic mass is 10.1. The fourth-order valence-electron chi connectivity index (χ4n) is 1.67. The molecule has 5 heteroatoms. The Bertz CT molecular complexity index is 442. The highest BCUT2D eigenvalue weighted by molar-refractivity contribution is 6.01. The molecule has 0 radical (unpaired) electrons. The molecule has 1 amide bonds. The molecule has 1 unspecified atom stereocenters. The lowest BCUT2D eigenvalue weighted by molar-refractivity contribution is -0.119. The largest absolute Gasteiger partial charge is 0.462 e. The van der Waals surface area contributed by atoms with E-state index in [1.807, 2.05) is 6.92 Å². The Morgan fingerprint density at radius 1 is 1.32 bits per heavy atom. The van der Waals surface area contributed by atoms with Crippen LogP contribution >= 0.6 is 0 Å². The van der Waals surface area contributed by atoms with Gasteiger partial charge in [-0.05, 0) is 25.5 Å². The third-order valence-corrected chi connectivity index (χ3v) is 2.83. The summed E-state index contributed by atoms with van der Waals surface area (Å²) in [5, 5.41) is 2.73. The molecule has 0 saturated heterocycles. The standard InChI is InChI=1S/C14H20N2O3/c1-3-10(9-15)13(17)16-12-8-6-5-7-11(12)14(18)19-4-2/h5-8,10H,3-4,9,15H2,1-2H3,(H,16,17). The minimum atomic E-state index is -0.445. The average Bonchev–Trinajstić information content (AvgIpc) is 2.41. The van der Waals surface area contributed by atoms with Gasteiger partial charge in [0.1, 0.15) is 0 Å². The summed E-state index contributed by atoms with van der Waals surface area (Å²) >= 11 is 0. The van der Waals surface area contributed by atoms with Crippen LogP contribution in [-0.4, -0.2) is 25.0 Å². The van der Waals surface area contributed by atoms with Crippen LogP contribution in [0.15, 0.2) is 24.3 Å². The number of hydrogen-bond acceptors (Lipinski definition) is 4. The van der Waals surface area contributed by atoms with Crippen LogP contribution in [-0.2, 0) is 9.53 Å². The molecule has 0 aliphatic heterocycles. The van der Waals surface area contributed by atoms with E-state index in [-0.39, 0.29) is 18.4 Å². The first kappa shape index (κ1) is 15.2. The lowest BCUT2D eigenvalue weighted by Gasteiger charge is -2.14. The molecule has 1 atom stereocenters. The van der Waals surface area contributed by atoms with Gasteiger partial charge in [0.15, 0.2) is 0 Å². The third-order valence-electron chi connectivity index (χ3n) is 2.83. The molecule has 104 valence electrons. The second kappa shape index (κ2) is 7.53. The molecule has 5 nitrogen and oxygen atoms in total. The molecular formula is C14H20N2O3. The van der Waals surface area contributed by atoms with Gasteiger partial charge in [0, 0.05) is 6.54 Å². The summed E-state index contributed by atoms with van der Waals surface area (Å²) in [7, 11) is 0. The molecule has 19 heavy (non-hydrogen) atoms. The van der Waals surface area contributed by atoms with Crippen LogP contribution in [0.3, 0.4) is 0 Å². The topological polar surface area (TPSA) is 81.4 Å². The molecular weight excluding hydrogens is 244 g/mol. The number of hydrogen-bond donors (Lipinski definition) is 2.